The molecule has 1 aromatic heterocycles. The van der Waals surface area contributed by atoms with Gasteiger partial charge in [0.15, 0.2) is 0 Å². The van der Waals surface area contributed by atoms with Crippen molar-refractivity contribution >= 4 is 0 Å². The van der Waals surface area contributed by atoms with Gasteiger partial charge >= 0.3 is 0 Å². The van der Waals surface area contributed by atoms with E-state index in [0.29, 0.717) is 0 Å². The van der Waals surface area contributed by atoms with E-state index < -0.39 is 0 Å². The molecule has 102 valence electrons. The molecule has 2 N–H and O–H groups in total. The number of nitrogens with zero attached hydrogens (tertiary/aromatic N) is 1. The average molecular weight is 250 g/mol. The Kier molecular flexibility index (Phi) is 3.83. The van der Waals surface area contributed by atoms with Crippen LogP contribution in [0.4, 0.5) is 0 Å². The van der Waals surface area contributed by atoms with E-state index >= 15 is 0 Å². The van der Waals surface area contributed by atoms with Crippen LogP contribution in [0.1, 0.15) is 57.4 Å². The van der Waals surface area contributed by atoms with Crippen molar-refractivity contribution in [1.82, 2.24) is 4.90 Å². The fourth-order valence-corrected chi connectivity index (χ4v) is 2.97. The summed E-state index contributed by atoms with van der Waals surface area (Å²) >= 11 is 0. The lowest BCUT2D eigenvalue weighted by molar-refractivity contribution is 0.0628. The summed E-state index contributed by atoms with van der Waals surface area (Å²) in [6.45, 7) is 9.99. The molecule has 1 aliphatic rings. The van der Waals surface area contributed by atoms with Crippen molar-refractivity contribution in [2.45, 2.75) is 64.6 Å². The molecule has 0 amide bonds. The Balaban J connectivity index is 2.38. The quantitative estimate of drug-likeness (QED) is 0.832. The summed E-state index contributed by atoms with van der Waals surface area (Å²) < 4.78 is 5.73. The van der Waals surface area contributed by atoms with Gasteiger partial charge in [-0.05, 0) is 58.7 Å². The topological polar surface area (TPSA) is 42.4 Å². The van der Waals surface area contributed by atoms with Gasteiger partial charge in [0, 0.05) is 11.6 Å². The lowest BCUT2D eigenvalue weighted by Gasteiger charge is -2.42. The molecule has 1 fully saturated rings. The molecule has 2 unspecified atom stereocenters. The minimum atomic E-state index is 0.117. The largest absolute Gasteiger partial charge is 0.467 e. The van der Waals surface area contributed by atoms with E-state index in [2.05, 4.69) is 32.6 Å². The van der Waals surface area contributed by atoms with Crippen LogP contribution < -0.4 is 5.73 Å². The predicted octanol–water partition coefficient (Wildman–Crippen LogP) is 3.24. The summed E-state index contributed by atoms with van der Waals surface area (Å²) in [4.78, 5) is 2.51. The molecule has 1 aliphatic heterocycles. The van der Waals surface area contributed by atoms with Crippen molar-refractivity contribution in [1.29, 1.82) is 0 Å². The Labute approximate surface area is 110 Å². The van der Waals surface area contributed by atoms with Gasteiger partial charge < -0.3 is 10.2 Å². The normalized spacial score (nSPS) is 27.2. The Bertz CT molecular complexity index is 391. The first-order valence-corrected chi connectivity index (χ1v) is 6.97. The zero-order chi connectivity index (χ0) is 13.3. The highest BCUT2D eigenvalue weighted by molar-refractivity contribution is 5.21. The van der Waals surface area contributed by atoms with E-state index in [1.807, 2.05) is 6.07 Å². The molecule has 3 nitrogen and oxygen atoms in total. The maximum absolute atomic E-state index is 6.42. The highest BCUT2D eigenvalue weighted by Gasteiger charge is 2.37. The van der Waals surface area contributed by atoms with Gasteiger partial charge in [0.25, 0.3) is 0 Å². The van der Waals surface area contributed by atoms with Gasteiger partial charge in [-0.25, -0.2) is 0 Å². The highest BCUT2D eigenvalue weighted by Crippen LogP contribution is 2.36. The highest BCUT2D eigenvalue weighted by atomic mass is 16.3. The Morgan fingerprint density at radius 1 is 1.33 bits per heavy atom. The maximum atomic E-state index is 6.42. The fourth-order valence-electron chi connectivity index (χ4n) is 2.97. The summed E-state index contributed by atoms with van der Waals surface area (Å²) in [5.74, 6) is 1.05. The SMILES string of the molecule is Cc1ccoc1C1C(N)CCCCN1C(C)(C)C. The van der Waals surface area contributed by atoms with Crippen molar-refractivity contribution in [2.24, 2.45) is 5.73 Å². The molecule has 2 heterocycles. The summed E-state index contributed by atoms with van der Waals surface area (Å²) in [6.07, 6.45) is 5.30. The van der Waals surface area contributed by atoms with Crippen LogP contribution in [-0.2, 0) is 0 Å². The number of likely N-dealkylation sites (tertiary alicyclic amines) is 1. The molecule has 1 aromatic rings. The molecule has 0 spiro atoms. The zero-order valence-corrected chi connectivity index (χ0v) is 12.1. The monoisotopic (exact) mass is 250 g/mol. The third-order valence-electron chi connectivity index (χ3n) is 3.96. The molecular weight excluding hydrogens is 224 g/mol. The fraction of sp³-hybridized carbons (Fsp3) is 0.733. The molecule has 2 rings (SSSR count). The van der Waals surface area contributed by atoms with E-state index in [9.17, 15) is 0 Å². The van der Waals surface area contributed by atoms with E-state index in [-0.39, 0.29) is 17.6 Å². The standard InChI is InChI=1S/C15H26N2O/c1-11-8-10-18-14(11)13-12(16)7-5-6-9-17(13)15(2,3)4/h8,10,12-13H,5-7,9,16H2,1-4H3. The second kappa shape index (κ2) is 5.06. The van der Waals surface area contributed by atoms with Crippen LogP contribution in [0.15, 0.2) is 16.7 Å². The van der Waals surface area contributed by atoms with Crippen LogP contribution in [0.2, 0.25) is 0 Å². The van der Waals surface area contributed by atoms with Crippen molar-refractivity contribution < 1.29 is 4.42 Å². The van der Waals surface area contributed by atoms with Crippen LogP contribution in [0.25, 0.3) is 0 Å². The van der Waals surface area contributed by atoms with Gasteiger partial charge in [0.1, 0.15) is 5.76 Å². The number of nitrogens with two attached hydrogens (primary N) is 1. The molecule has 3 heteroatoms. The molecule has 0 saturated carbocycles. The van der Waals surface area contributed by atoms with Crippen LogP contribution >= 0.6 is 0 Å². The van der Waals surface area contributed by atoms with Crippen LogP contribution in [0, 0.1) is 6.92 Å². The number of hydrogen-bond donors (Lipinski definition) is 1. The first-order valence-electron chi connectivity index (χ1n) is 6.97. The lowest BCUT2D eigenvalue weighted by Crippen LogP contribution is -2.49. The van der Waals surface area contributed by atoms with Crippen molar-refractivity contribution in [3.8, 4) is 0 Å². The van der Waals surface area contributed by atoms with Crippen LogP contribution in [0.5, 0.6) is 0 Å². The zero-order valence-electron chi connectivity index (χ0n) is 12.1. The van der Waals surface area contributed by atoms with Crippen LogP contribution in [-0.4, -0.2) is 23.0 Å². The second-order valence-corrected chi connectivity index (χ2v) is 6.44. The third-order valence-corrected chi connectivity index (χ3v) is 3.96. The first-order chi connectivity index (χ1) is 8.41. The van der Waals surface area contributed by atoms with Gasteiger partial charge in [-0.1, -0.05) is 6.42 Å². The average Bonchev–Trinajstić information content (AvgIpc) is 2.56. The van der Waals surface area contributed by atoms with Crippen molar-refractivity contribution in [3.63, 3.8) is 0 Å². The van der Waals surface area contributed by atoms with Crippen molar-refractivity contribution in [3.05, 3.63) is 23.7 Å². The van der Waals surface area contributed by atoms with Crippen LogP contribution in [0.3, 0.4) is 0 Å². The lowest BCUT2D eigenvalue weighted by atomic mass is 9.95. The van der Waals surface area contributed by atoms with E-state index in [0.717, 1.165) is 18.7 Å². The summed E-state index contributed by atoms with van der Waals surface area (Å²) in [5, 5.41) is 0. The molecule has 0 bridgehead atoms. The van der Waals surface area contributed by atoms with Crippen molar-refractivity contribution in [2.75, 3.05) is 6.54 Å². The Morgan fingerprint density at radius 3 is 2.61 bits per heavy atom. The smallest absolute Gasteiger partial charge is 0.125 e. The number of aryl methyl sites for hydroxylation is 1. The predicted molar refractivity (Wildman–Crippen MR) is 74.5 cm³/mol. The molecule has 1 saturated heterocycles. The minimum Gasteiger partial charge on any atom is -0.467 e. The summed E-state index contributed by atoms with van der Waals surface area (Å²) in [5.41, 5.74) is 7.76. The molecule has 2 atom stereocenters. The number of furan rings is 1. The van der Waals surface area contributed by atoms with E-state index in [1.54, 1.807) is 6.26 Å². The summed E-state index contributed by atoms with van der Waals surface area (Å²) in [7, 11) is 0. The molecular formula is C15H26N2O. The molecule has 0 aromatic carbocycles. The first kappa shape index (κ1) is 13.6. The second-order valence-electron chi connectivity index (χ2n) is 6.44. The van der Waals surface area contributed by atoms with Gasteiger partial charge in [-0.3, -0.25) is 4.90 Å². The Morgan fingerprint density at radius 2 is 2.06 bits per heavy atom. The number of hydrogen-bond acceptors (Lipinski definition) is 3. The molecule has 0 aliphatic carbocycles. The number of rotatable bonds is 1. The van der Waals surface area contributed by atoms with E-state index in [1.165, 1.54) is 18.4 Å². The summed E-state index contributed by atoms with van der Waals surface area (Å²) in [6, 6.07) is 2.41. The van der Waals surface area contributed by atoms with Gasteiger partial charge in [-0.2, -0.15) is 0 Å². The van der Waals surface area contributed by atoms with Gasteiger partial charge in [0.05, 0.1) is 12.3 Å². The minimum absolute atomic E-state index is 0.117. The van der Waals surface area contributed by atoms with Gasteiger partial charge in [-0.15, -0.1) is 0 Å². The van der Waals surface area contributed by atoms with Gasteiger partial charge in [0.2, 0.25) is 0 Å². The maximum Gasteiger partial charge on any atom is 0.125 e. The third kappa shape index (κ3) is 2.62. The Hall–Kier alpha value is -0.800. The molecule has 18 heavy (non-hydrogen) atoms. The molecule has 0 radical (unpaired) electrons. The van der Waals surface area contributed by atoms with E-state index in [4.69, 9.17) is 10.2 Å².